The summed E-state index contributed by atoms with van der Waals surface area (Å²) in [4.78, 5) is 10.8. The summed E-state index contributed by atoms with van der Waals surface area (Å²) in [7, 11) is 0. The van der Waals surface area contributed by atoms with Gasteiger partial charge >= 0.3 is 0 Å². The number of hydrogen-bond acceptors (Lipinski definition) is 3. The molecule has 0 saturated heterocycles. The molecule has 4 heterocycles. The maximum absolute atomic E-state index is 5.44. The summed E-state index contributed by atoms with van der Waals surface area (Å²) >= 11 is 1.87. The molecular formula is C44H26N4S. The molecule has 0 fully saturated rings. The van der Waals surface area contributed by atoms with Crippen LogP contribution in [0.1, 0.15) is 0 Å². The van der Waals surface area contributed by atoms with Crippen molar-refractivity contribution in [1.82, 2.24) is 19.1 Å². The Morgan fingerprint density at radius 1 is 0.408 bits per heavy atom. The van der Waals surface area contributed by atoms with Crippen molar-refractivity contribution in [1.29, 1.82) is 0 Å². The third-order valence-corrected chi connectivity index (χ3v) is 11.1. The van der Waals surface area contributed by atoms with Gasteiger partial charge in [0.2, 0.25) is 5.95 Å². The summed E-state index contributed by atoms with van der Waals surface area (Å²) in [5.41, 5.74) is 8.81. The van der Waals surface area contributed by atoms with Crippen molar-refractivity contribution in [2.75, 3.05) is 0 Å². The molecule has 11 rings (SSSR count). The number of thiophene rings is 1. The Morgan fingerprint density at radius 2 is 1.02 bits per heavy atom. The Labute approximate surface area is 284 Å². The lowest BCUT2D eigenvalue weighted by Crippen LogP contribution is -2.04. The first kappa shape index (κ1) is 26.7. The first-order chi connectivity index (χ1) is 24.3. The average Bonchev–Trinajstić information content (AvgIpc) is 3.82. The number of rotatable bonds is 3. The molecule has 4 aromatic heterocycles. The predicted octanol–water partition coefficient (Wildman–Crippen LogP) is 11.9. The molecule has 0 atom stereocenters. The molecule has 7 aromatic carbocycles. The van der Waals surface area contributed by atoms with Gasteiger partial charge in [-0.25, -0.2) is 9.97 Å². The third-order valence-electron chi connectivity index (χ3n) is 9.91. The van der Waals surface area contributed by atoms with E-state index in [9.17, 15) is 0 Å². The molecule has 228 valence electrons. The molecule has 0 radical (unpaired) electrons. The van der Waals surface area contributed by atoms with Gasteiger partial charge in [0.1, 0.15) is 0 Å². The average molecular weight is 643 g/mol. The molecule has 0 saturated carbocycles. The first-order valence-electron chi connectivity index (χ1n) is 16.5. The summed E-state index contributed by atoms with van der Waals surface area (Å²) in [6, 6.07) is 56.1. The number of nitrogens with zero attached hydrogens (tertiary/aromatic N) is 4. The highest BCUT2D eigenvalue weighted by atomic mass is 32.1. The maximum Gasteiger partial charge on any atom is 0.235 e. The monoisotopic (exact) mass is 642 g/mol. The van der Waals surface area contributed by atoms with Crippen molar-refractivity contribution in [2.24, 2.45) is 0 Å². The van der Waals surface area contributed by atoms with Gasteiger partial charge in [-0.15, -0.1) is 11.3 Å². The minimum atomic E-state index is 0.676. The van der Waals surface area contributed by atoms with E-state index in [0.29, 0.717) is 5.95 Å². The number of benzene rings is 7. The molecule has 4 nitrogen and oxygen atoms in total. The number of hydrogen-bond donors (Lipinski definition) is 0. The second kappa shape index (κ2) is 10.1. The Bertz CT molecular complexity index is 3100. The van der Waals surface area contributed by atoms with Crippen molar-refractivity contribution in [3.05, 3.63) is 158 Å². The highest BCUT2D eigenvalue weighted by molar-refractivity contribution is 7.27. The van der Waals surface area contributed by atoms with Gasteiger partial charge in [-0.3, -0.25) is 4.57 Å². The molecular weight excluding hydrogens is 617 g/mol. The summed E-state index contributed by atoms with van der Waals surface area (Å²) in [5.74, 6) is 0.676. The molecule has 49 heavy (non-hydrogen) atoms. The van der Waals surface area contributed by atoms with Gasteiger partial charge in [-0.1, -0.05) is 133 Å². The standard InChI is InChI=1S/C44H26N4S/c1-3-14-28(15-4-1)38-33-19-9-11-21-36(33)45-44(46-38)48-39-30-18-8-7-13-27(30)23-24-31(39)32-25-26-35-41-42(49-43(35)40(32)48)34-20-10-12-22-37(34)47(41)29-16-5-2-6-17-29/h1-26H. The van der Waals surface area contributed by atoms with E-state index in [1.54, 1.807) is 0 Å². The van der Waals surface area contributed by atoms with Gasteiger partial charge < -0.3 is 4.57 Å². The number of para-hydroxylation sites is 3. The SMILES string of the molecule is c1ccc(-c2nc(-n3c4c5ccccc5ccc4c4ccc5c(sc6c7ccccc7n(-c7ccccc7)c56)c43)nc3ccccc23)cc1. The Morgan fingerprint density at radius 3 is 1.88 bits per heavy atom. The summed E-state index contributed by atoms with van der Waals surface area (Å²) < 4.78 is 7.29. The number of fused-ring (bicyclic) bond motifs is 12. The largest absolute Gasteiger partial charge is 0.308 e. The Balaban J connectivity index is 1.36. The van der Waals surface area contributed by atoms with E-state index in [-0.39, 0.29) is 0 Å². The van der Waals surface area contributed by atoms with Crippen molar-refractivity contribution in [3.63, 3.8) is 0 Å². The quantitative estimate of drug-likeness (QED) is 0.192. The zero-order valence-electron chi connectivity index (χ0n) is 26.2. The fraction of sp³-hybridized carbons (Fsp3) is 0. The van der Waals surface area contributed by atoms with E-state index in [1.165, 1.54) is 52.8 Å². The predicted molar refractivity (Wildman–Crippen MR) is 207 cm³/mol. The molecule has 0 unspecified atom stereocenters. The smallest absolute Gasteiger partial charge is 0.235 e. The third kappa shape index (κ3) is 3.73. The summed E-state index contributed by atoms with van der Waals surface area (Å²) in [6.45, 7) is 0. The van der Waals surface area contributed by atoms with Crippen LogP contribution in [-0.4, -0.2) is 19.1 Å². The minimum absolute atomic E-state index is 0.676. The lowest BCUT2D eigenvalue weighted by atomic mass is 10.1. The summed E-state index contributed by atoms with van der Waals surface area (Å²) in [6.07, 6.45) is 0. The van der Waals surface area contributed by atoms with Crippen LogP contribution >= 0.6 is 11.3 Å². The molecule has 0 amide bonds. The van der Waals surface area contributed by atoms with E-state index < -0.39 is 0 Å². The minimum Gasteiger partial charge on any atom is -0.308 e. The van der Waals surface area contributed by atoms with E-state index in [2.05, 4.69) is 167 Å². The fourth-order valence-corrected chi connectivity index (χ4v) is 9.17. The molecule has 0 spiro atoms. The van der Waals surface area contributed by atoms with E-state index in [0.717, 1.165) is 38.9 Å². The van der Waals surface area contributed by atoms with Gasteiger partial charge in [-0.2, -0.15) is 0 Å². The van der Waals surface area contributed by atoms with Gasteiger partial charge in [0.25, 0.3) is 0 Å². The van der Waals surface area contributed by atoms with Crippen LogP contribution in [0.3, 0.4) is 0 Å². The van der Waals surface area contributed by atoms with E-state index in [1.807, 2.05) is 11.3 Å². The highest BCUT2D eigenvalue weighted by Gasteiger charge is 2.24. The van der Waals surface area contributed by atoms with Gasteiger partial charge in [0.05, 0.1) is 42.7 Å². The Hall–Kier alpha value is -6.30. The van der Waals surface area contributed by atoms with Crippen LogP contribution in [0.2, 0.25) is 0 Å². The second-order valence-electron chi connectivity index (χ2n) is 12.6. The second-order valence-corrected chi connectivity index (χ2v) is 13.6. The lowest BCUT2D eigenvalue weighted by Gasteiger charge is -2.13. The fourth-order valence-electron chi connectivity index (χ4n) is 7.81. The van der Waals surface area contributed by atoms with Crippen LogP contribution in [0.25, 0.3) is 97.6 Å². The van der Waals surface area contributed by atoms with Crippen molar-refractivity contribution in [2.45, 2.75) is 0 Å². The van der Waals surface area contributed by atoms with Crippen LogP contribution < -0.4 is 0 Å². The zero-order chi connectivity index (χ0) is 32.1. The molecule has 5 heteroatoms. The molecule has 0 aliphatic carbocycles. The summed E-state index contributed by atoms with van der Waals surface area (Å²) in [5, 5.41) is 8.30. The van der Waals surface area contributed by atoms with E-state index >= 15 is 0 Å². The van der Waals surface area contributed by atoms with Crippen molar-refractivity contribution < 1.29 is 0 Å². The van der Waals surface area contributed by atoms with Crippen molar-refractivity contribution >= 4 is 86.0 Å². The van der Waals surface area contributed by atoms with Crippen LogP contribution in [0.15, 0.2) is 158 Å². The molecule has 11 aromatic rings. The van der Waals surface area contributed by atoms with E-state index in [4.69, 9.17) is 9.97 Å². The van der Waals surface area contributed by atoms with Gasteiger partial charge in [0, 0.05) is 43.6 Å². The van der Waals surface area contributed by atoms with Crippen LogP contribution in [0, 0.1) is 0 Å². The molecule has 0 aliphatic rings. The maximum atomic E-state index is 5.44. The lowest BCUT2D eigenvalue weighted by molar-refractivity contribution is 1.02. The normalized spacial score (nSPS) is 12.1. The van der Waals surface area contributed by atoms with Crippen LogP contribution in [0.5, 0.6) is 0 Å². The highest BCUT2D eigenvalue weighted by Crippen LogP contribution is 2.47. The zero-order valence-corrected chi connectivity index (χ0v) is 27.0. The molecule has 0 N–H and O–H groups in total. The topological polar surface area (TPSA) is 35.6 Å². The van der Waals surface area contributed by atoms with Crippen LogP contribution in [0.4, 0.5) is 0 Å². The molecule has 0 bridgehead atoms. The number of aromatic nitrogens is 4. The Kier molecular flexibility index (Phi) is 5.51. The van der Waals surface area contributed by atoms with Gasteiger partial charge in [-0.05, 0) is 29.7 Å². The van der Waals surface area contributed by atoms with Crippen molar-refractivity contribution in [3.8, 4) is 22.9 Å². The van der Waals surface area contributed by atoms with Gasteiger partial charge in [0.15, 0.2) is 0 Å². The first-order valence-corrected chi connectivity index (χ1v) is 17.3. The molecule has 0 aliphatic heterocycles. The van der Waals surface area contributed by atoms with Crippen LogP contribution in [-0.2, 0) is 0 Å².